The van der Waals surface area contributed by atoms with Crippen molar-refractivity contribution in [3.05, 3.63) is 229 Å². The predicted molar refractivity (Wildman–Crippen MR) is 259 cm³/mol. The van der Waals surface area contributed by atoms with Gasteiger partial charge in [0.05, 0.1) is 5.41 Å². The summed E-state index contributed by atoms with van der Waals surface area (Å²) in [5, 5.41) is 18.4. The van der Waals surface area contributed by atoms with E-state index in [4.69, 9.17) is 0 Å². The van der Waals surface area contributed by atoms with Gasteiger partial charge in [0, 0.05) is 0 Å². The van der Waals surface area contributed by atoms with Gasteiger partial charge < -0.3 is 0 Å². The Morgan fingerprint density at radius 3 is 1.38 bits per heavy atom. The Morgan fingerprint density at radius 2 is 0.689 bits per heavy atom. The first-order valence-electron chi connectivity index (χ1n) is 21.5. The van der Waals surface area contributed by atoms with Crippen molar-refractivity contribution in [2.75, 3.05) is 0 Å². The van der Waals surface area contributed by atoms with E-state index in [0.29, 0.717) is 0 Å². The molecule has 0 radical (unpaired) electrons. The molecule has 0 heteroatoms. The molecule has 0 bridgehead atoms. The summed E-state index contributed by atoms with van der Waals surface area (Å²) in [7, 11) is 0. The molecule has 15 rings (SSSR count). The summed E-state index contributed by atoms with van der Waals surface area (Å²) < 4.78 is 0. The lowest BCUT2D eigenvalue weighted by Crippen LogP contribution is -2.26. The van der Waals surface area contributed by atoms with Crippen molar-refractivity contribution in [2.24, 2.45) is 0 Å². The molecule has 0 nitrogen and oxygen atoms in total. The third kappa shape index (κ3) is 3.92. The highest BCUT2D eigenvalue weighted by atomic mass is 14.5. The van der Waals surface area contributed by atoms with Crippen molar-refractivity contribution in [1.29, 1.82) is 0 Å². The molecule has 278 valence electrons. The lowest BCUT2D eigenvalue weighted by molar-refractivity contribution is 0.801. The quantitative estimate of drug-likeness (QED) is 0.154. The van der Waals surface area contributed by atoms with Gasteiger partial charge in [-0.15, -0.1) is 0 Å². The van der Waals surface area contributed by atoms with Gasteiger partial charge in [0.2, 0.25) is 0 Å². The van der Waals surface area contributed by atoms with Gasteiger partial charge in [0.15, 0.2) is 0 Å². The van der Waals surface area contributed by atoms with Gasteiger partial charge in [0.25, 0.3) is 0 Å². The van der Waals surface area contributed by atoms with Gasteiger partial charge >= 0.3 is 0 Å². The highest BCUT2D eigenvalue weighted by Gasteiger charge is 2.52. The summed E-state index contributed by atoms with van der Waals surface area (Å²) in [6.07, 6.45) is 0. The average molecular weight is 767 g/mol. The molecule has 2 aliphatic carbocycles. The zero-order chi connectivity index (χ0) is 39.6. The van der Waals surface area contributed by atoms with Gasteiger partial charge in [-0.2, -0.15) is 0 Å². The van der Waals surface area contributed by atoms with Crippen LogP contribution in [0.1, 0.15) is 22.3 Å². The van der Waals surface area contributed by atoms with Crippen LogP contribution in [0.5, 0.6) is 0 Å². The Bertz CT molecular complexity index is 3920. The van der Waals surface area contributed by atoms with Gasteiger partial charge in [0.1, 0.15) is 0 Å². The Balaban J connectivity index is 1.02. The van der Waals surface area contributed by atoms with Crippen LogP contribution in [0.3, 0.4) is 0 Å². The van der Waals surface area contributed by atoms with Gasteiger partial charge in [-0.25, -0.2) is 0 Å². The maximum absolute atomic E-state index is 2.55. The molecule has 0 saturated carbocycles. The minimum Gasteiger partial charge on any atom is -0.0619 e. The van der Waals surface area contributed by atoms with Crippen LogP contribution < -0.4 is 0 Å². The van der Waals surface area contributed by atoms with Crippen LogP contribution in [-0.4, -0.2) is 0 Å². The summed E-state index contributed by atoms with van der Waals surface area (Å²) in [4.78, 5) is 0. The Labute approximate surface area is 352 Å². The first-order chi connectivity index (χ1) is 30.2. The Kier molecular flexibility index (Phi) is 5.93. The standard InChI is InChI=1S/C61H34/c1-3-16-53-47(12-1)48-13-2-4-17-54(48)61(53)55-34-40(45-27-24-39-19-18-37-10-6-11-38-25-29-50(45)59(39)57(37)38)26-28-49(55)52-31-30-46-44(14-7-15-51(46)60(52)61)43-32-41-22-20-35-8-5-9-36-21-23-42(33-43)58(41)56(35)36/h1-34H. The van der Waals surface area contributed by atoms with E-state index >= 15 is 0 Å². The van der Waals surface area contributed by atoms with Crippen molar-refractivity contribution in [1.82, 2.24) is 0 Å². The van der Waals surface area contributed by atoms with E-state index in [1.165, 1.54) is 142 Å². The van der Waals surface area contributed by atoms with Crippen LogP contribution in [-0.2, 0) is 5.41 Å². The van der Waals surface area contributed by atoms with E-state index in [9.17, 15) is 0 Å². The topological polar surface area (TPSA) is 0 Å². The lowest BCUT2D eigenvalue weighted by atomic mass is 9.69. The molecule has 61 heavy (non-hydrogen) atoms. The normalized spacial score (nSPS) is 13.7. The molecular formula is C61H34. The second-order valence-electron chi connectivity index (χ2n) is 17.5. The minimum atomic E-state index is -0.497. The van der Waals surface area contributed by atoms with Crippen LogP contribution in [0, 0.1) is 0 Å². The molecule has 0 aliphatic heterocycles. The van der Waals surface area contributed by atoms with E-state index in [1.54, 1.807) is 0 Å². The second kappa shape index (κ2) is 11.3. The SMILES string of the molecule is c1ccc2c(c1)-c1ccccc1C21c2cc(-c3ccc4ccc5cccc6ccc3c4c56)ccc2-c2ccc3c(-c4cc5ccc6cccc7ccc(c4)c5c67)cccc3c21. The summed E-state index contributed by atoms with van der Waals surface area (Å²) >= 11 is 0. The Morgan fingerprint density at radius 1 is 0.230 bits per heavy atom. The zero-order valence-corrected chi connectivity index (χ0v) is 33.1. The molecule has 1 spiro atoms. The van der Waals surface area contributed by atoms with E-state index in [1.807, 2.05) is 0 Å². The molecule has 13 aromatic carbocycles. The van der Waals surface area contributed by atoms with Crippen molar-refractivity contribution < 1.29 is 0 Å². The minimum absolute atomic E-state index is 0.497. The monoisotopic (exact) mass is 766 g/mol. The number of fused-ring (bicyclic) bond motifs is 12. The molecule has 0 aromatic heterocycles. The third-order valence-corrected chi connectivity index (χ3v) is 14.7. The van der Waals surface area contributed by atoms with Crippen LogP contribution in [0.25, 0.3) is 120 Å². The molecule has 0 saturated heterocycles. The highest BCUT2D eigenvalue weighted by Crippen LogP contribution is 2.65. The molecule has 0 unspecified atom stereocenters. The largest absolute Gasteiger partial charge is 0.0731 e. The van der Waals surface area contributed by atoms with Crippen LogP contribution in [0.2, 0.25) is 0 Å². The summed E-state index contributed by atoms with van der Waals surface area (Å²) in [6, 6.07) is 78.9. The van der Waals surface area contributed by atoms with E-state index < -0.39 is 5.41 Å². The van der Waals surface area contributed by atoms with Crippen molar-refractivity contribution in [3.63, 3.8) is 0 Å². The van der Waals surface area contributed by atoms with Crippen LogP contribution in [0.4, 0.5) is 0 Å². The summed E-state index contributed by atoms with van der Waals surface area (Å²) in [5.74, 6) is 0. The molecule has 0 heterocycles. The molecule has 0 amide bonds. The highest BCUT2D eigenvalue weighted by molar-refractivity contribution is 6.26. The van der Waals surface area contributed by atoms with Gasteiger partial charge in [-0.1, -0.05) is 188 Å². The maximum atomic E-state index is 2.55. The van der Waals surface area contributed by atoms with Crippen LogP contribution in [0.15, 0.2) is 206 Å². The number of rotatable bonds is 2. The van der Waals surface area contributed by atoms with Crippen molar-refractivity contribution >= 4 is 75.4 Å². The van der Waals surface area contributed by atoms with Crippen molar-refractivity contribution in [3.8, 4) is 44.5 Å². The molecule has 13 aromatic rings. The van der Waals surface area contributed by atoms with E-state index in [-0.39, 0.29) is 0 Å². The number of hydrogen-bond acceptors (Lipinski definition) is 0. The number of hydrogen-bond donors (Lipinski definition) is 0. The molecule has 0 N–H and O–H groups in total. The van der Waals surface area contributed by atoms with Gasteiger partial charge in [-0.3, -0.25) is 0 Å². The predicted octanol–water partition coefficient (Wildman–Crippen LogP) is 16.3. The third-order valence-electron chi connectivity index (χ3n) is 14.7. The fourth-order valence-corrected chi connectivity index (χ4v) is 12.3. The second-order valence-corrected chi connectivity index (χ2v) is 17.5. The van der Waals surface area contributed by atoms with Gasteiger partial charge in [-0.05, 0) is 160 Å². The van der Waals surface area contributed by atoms with E-state index in [0.717, 1.165) is 0 Å². The first-order valence-corrected chi connectivity index (χ1v) is 21.5. The Hall–Kier alpha value is -7.80. The fraction of sp³-hybridized carbons (Fsp3) is 0.0164. The molecule has 0 atom stereocenters. The maximum Gasteiger partial charge on any atom is 0.0731 e. The number of benzene rings is 13. The van der Waals surface area contributed by atoms with Crippen LogP contribution >= 0.6 is 0 Å². The molecule has 0 fully saturated rings. The first kappa shape index (κ1) is 32.1. The fourth-order valence-electron chi connectivity index (χ4n) is 12.3. The van der Waals surface area contributed by atoms with Crippen molar-refractivity contribution in [2.45, 2.75) is 5.41 Å². The zero-order valence-electron chi connectivity index (χ0n) is 33.1. The molecule has 2 aliphatic rings. The lowest BCUT2D eigenvalue weighted by Gasteiger charge is -2.32. The summed E-state index contributed by atoms with van der Waals surface area (Å²) in [5.41, 5.74) is 15.3. The van der Waals surface area contributed by atoms with E-state index in [2.05, 4.69) is 206 Å². The molecular weight excluding hydrogens is 733 g/mol. The average Bonchev–Trinajstić information content (AvgIpc) is 3.79. The smallest absolute Gasteiger partial charge is 0.0619 e. The summed E-state index contributed by atoms with van der Waals surface area (Å²) in [6.45, 7) is 0.